The molecule has 0 aliphatic carbocycles. The van der Waals surface area contributed by atoms with Crippen molar-refractivity contribution in [3.63, 3.8) is 0 Å². The first-order chi connectivity index (χ1) is 9.08. The van der Waals surface area contributed by atoms with E-state index in [9.17, 15) is 9.18 Å². The number of carbonyl (C=O) groups is 1. The van der Waals surface area contributed by atoms with Gasteiger partial charge in [0.15, 0.2) is 11.6 Å². The first-order valence-electron chi connectivity index (χ1n) is 5.56. The van der Waals surface area contributed by atoms with Gasteiger partial charge in [-0.2, -0.15) is 0 Å². The van der Waals surface area contributed by atoms with Crippen molar-refractivity contribution in [1.29, 1.82) is 0 Å². The topological polar surface area (TPSA) is 49.3 Å². The molecule has 1 atom stereocenters. The highest BCUT2D eigenvalue weighted by molar-refractivity contribution is 6.32. The lowest BCUT2D eigenvalue weighted by Crippen LogP contribution is -2.17. The van der Waals surface area contributed by atoms with Crippen LogP contribution in [0, 0.1) is 5.82 Å². The molecule has 0 radical (unpaired) electrons. The van der Waals surface area contributed by atoms with Crippen molar-refractivity contribution in [2.75, 3.05) is 5.32 Å². The molecule has 1 amide bonds. The summed E-state index contributed by atoms with van der Waals surface area (Å²) >= 11 is 6.02. The highest BCUT2D eigenvalue weighted by Crippen LogP contribution is 2.24. The van der Waals surface area contributed by atoms with E-state index in [4.69, 9.17) is 16.7 Å². The number of phenols is 1. The Morgan fingerprint density at radius 3 is 2.53 bits per heavy atom. The Hall–Kier alpha value is -2.07. The molecule has 0 bridgehead atoms. The summed E-state index contributed by atoms with van der Waals surface area (Å²) in [6.07, 6.45) is 0. The molecule has 2 aromatic rings. The van der Waals surface area contributed by atoms with Crippen LogP contribution in [-0.2, 0) is 4.79 Å². The normalized spacial score (nSPS) is 11.9. The maximum atomic E-state index is 13.1. The van der Waals surface area contributed by atoms with Crippen molar-refractivity contribution in [2.45, 2.75) is 5.38 Å². The molecule has 2 rings (SSSR count). The minimum Gasteiger partial charge on any atom is -0.505 e. The van der Waals surface area contributed by atoms with Gasteiger partial charge in [-0.3, -0.25) is 4.79 Å². The van der Waals surface area contributed by atoms with Gasteiger partial charge < -0.3 is 10.4 Å². The summed E-state index contributed by atoms with van der Waals surface area (Å²) in [5.74, 6) is -1.73. The van der Waals surface area contributed by atoms with E-state index >= 15 is 0 Å². The van der Waals surface area contributed by atoms with Crippen LogP contribution in [0.4, 0.5) is 10.1 Å². The van der Waals surface area contributed by atoms with Crippen LogP contribution in [0.1, 0.15) is 10.9 Å². The van der Waals surface area contributed by atoms with Crippen LogP contribution >= 0.6 is 11.6 Å². The predicted molar refractivity (Wildman–Crippen MR) is 71.7 cm³/mol. The molecule has 0 saturated heterocycles. The third kappa shape index (κ3) is 3.23. The molecule has 19 heavy (non-hydrogen) atoms. The van der Waals surface area contributed by atoms with Gasteiger partial charge in [0.05, 0.1) is 0 Å². The molecule has 98 valence electrons. The summed E-state index contributed by atoms with van der Waals surface area (Å²) in [6.45, 7) is 0. The molecule has 0 aromatic heterocycles. The van der Waals surface area contributed by atoms with Crippen LogP contribution in [-0.4, -0.2) is 11.0 Å². The Balaban J connectivity index is 2.10. The first-order valence-corrected chi connectivity index (χ1v) is 6.00. The Morgan fingerprint density at radius 1 is 1.21 bits per heavy atom. The number of alkyl halides is 1. The fourth-order valence-corrected chi connectivity index (χ4v) is 1.76. The molecule has 0 aliphatic rings. The van der Waals surface area contributed by atoms with Gasteiger partial charge in [0.2, 0.25) is 5.91 Å². The SMILES string of the molecule is O=C(Nc1ccc(O)c(F)c1)C(Cl)c1ccccc1. The van der Waals surface area contributed by atoms with E-state index in [2.05, 4.69) is 5.32 Å². The summed E-state index contributed by atoms with van der Waals surface area (Å²) in [7, 11) is 0. The van der Waals surface area contributed by atoms with Gasteiger partial charge >= 0.3 is 0 Å². The van der Waals surface area contributed by atoms with E-state index < -0.39 is 22.9 Å². The average molecular weight is 280 g/mol. The number of amides is 1. The summed E-state index contributed by atoms with van der Waals surface area (Å²) < 4.78 is 13.1. The number of hydrogen-bond donors (Lipinski definition) is 2. The number of halogens is 2. The molecule has 5 heteroatoms. The number of anilines is 1. The number of benzene rings is 2. The molecular weight excluding hydrogens is 269 g/mol. The lowest BCUT2D eigenvalue weighted by molar-refractivity contribution is -0.116. The quantitative estimate of drug-likeness (QED) is 0.668. The van der Waals surface area contributed by atoms with Crippen molar-refractivity contribution in [3.8, 4) is 5.75 Å². The van der Waals surface area contributed by atoms with Gasteiger partial charge in [0.25, 0.3) is 0 Å². The minimum absolute atomic E-state index is 0.238. The Bertz CT molecular complexity index is 589. The second-order valence-corrected chi connectivity index (χ2v) is 4.37. The number of nitrogens with one attached hydrogen (secondary N) is 1. The van der Waals surface area contributed by atoms with Gasteiger partial charge in [-0.1, -0.05) is 30.3 Å². The highest BCUT2D eigenvalue weighted by Gasteiger charge is 2.17. The second-order valence-electron chi connectivity index (χ2n) is 3.93. The lowest BCUT2D eigenvalue weighted by Gasteiger charge is -2.11. The van der Waals surface area contributed by atoms with E-state index in [0.29, 0.717) is 5.56 Å². The molecule has 2 aromatic carbocycles. The third-order valence-corrected chi connectivity index (χ3v) is 2.99. The van der Waals surface area contributed by atoms with E-state index in [1.165, 1.54) is 6.07 Å². The van der Waals surface area contributed by atoms with Crippen molar-refractivity contribution in [3.05, 3.63) is 59.9 Å². The van der Waals surface area contributed by atoms with E-state index in [-0.39, 0.29) is 5.69 Å². The fourth-order valence-electron chi connectivity index (χ4n) is 1.56. The van der Waals surface area contributed by atoms with Crippen LogP contribution in [0.3, 0.4) is 0 Å². The van der Waals surface area contributed by atoms with Crippen molar-refractivity contribution in [1.82, 2.24) is 0 Å². The summed E-state index contributed by atoms with van der Waals surface area (Å²) in [5.41, 5.74) is 0.891. The van der Waals surface area contributed by atoms with Gasteiger partial charge in [-0.15, -0.1) is 11.6 Å². The zero-order chi connectivity index (χ0) is 13.8. The summed E-state index contributed by atoms with van der Waals surface area (Å²) in [6, 6.07) is 12.4. The van der Waals surface area contributed by atoms with Crippen molar-refractivity contribution < 1.29 is 14.3 Å². The molecule has 0 heterocycles. The summed E-state index contributed by atoms with van der Waals surface area (Å²) in [5, 5.41) is 10.7. The second kappa shape index (κ2) is 5.71. The van der Waals surface area contributed by atoms with Gasteiger partial charge in [-0.05, 0) is 17.7 Å². The van der Waals surface area contributed by atoms with Gasteiger partial charge in [0, 0.05) is 11.8 Å². The van der Waals surface area contributed by atoms with Crippen LogP contribution in [0.15, 0.2) is 48.5 Å². The van der Waals surface area contributed by atoms with Gasteiger partial charge in [-0.25, -0.2) is 4.39 Å². The number of aromatic hydroxyl groups is 1. The van der Waals surface area contributed by atoms with E-state index in [1.54, 1.807) is 24.3 Å². The molecule has 0 saturated carbocycles. The molecule has 0 spiro atoms. The van der Waals surface area contributed by atoms with Crippen LogP contribution in [0.5, 0.6) is 5.75 Å². The highest BCUT2D eigenvalue weighted by atomic mass is 35.5. The molecule has 0 fully saturated rings. The first kappa shape index (κ1) is 13.4. The van der Waals surface area contributed by atoms with Gasteiger partial charge in [0.1, 0.15) is 5.38 Å². The summed E-state index contributed by atoms with van der Waals surface area (Å²) in [4.78, 5) is 11.9. The predicted octanol–water partition coefficient (Wildman–Crippen LogP) is 3.45. The monoisotopic (exact) mass is 279 g/mol. The zero-order valence-electron chi connectivity index (χ0n) is 9.81. The number of carbonyl (C=O) groups excluding carboxylic acids is 1. The lowest BCUT2D eigenvalue weighted by atomic mass is 10.1. The fraction of sp³-hybridized carbons (Fsp3) is 0.0714. The van der Waals surface area contributed by atoms with Crippen molar-refractivity contribution in [2.24, 2.45) is 0 Å². The third-order valence-electron chi connectivity index (χ3n) is 2.54. The Labute approximate surface area is 114 Å². The van der Waals surface area contributed by atoms with E-state index in [0.717, 1.165) is 12.1 Å². The minimum atomic E-state index is -0.863. The van der Waals surface area contributed by atoms with E-state index in [1.807, 2.05) is 6.07 Å². The maximum Gasteiger partial charge on any atom is 0.246 e. The average Bonchev–Trinajstić information content (AvgIpc) is 2.43. The van der Waals surface area contributed by atoms with Crippen LogP contribution in [0.2, 0.25) is 0 Å². The van der Waals surface area contributed by atoms with Crippen LogP contribution in [0.25, 0.3) is 0 Å². The molecular formula is C14H11ClFNO2. The molecule has 0 aliphatic heterocycles. The largest absolute Gasteiger partial charge is 0.505 e. The smallest absolute Gasteiger partial charge is 0.246 e. The maximum absolute atomic E-state index is 13.1. The Kier molecular flexibility index (Phi) is 4.02. The molecule has 1 unspecified atom stereocenters. The Morgan fingerprint density at radius 2 is 1.89 bits per heavy atom. The van der Waals surface area contributed by atoms with Crippen molar-refractivity contribution >= 4 is 23.2 Å². The molecule has 2 N–H and O–H groups in total. The van der Waals surface area contributed by atoms with Crippen LogP contribution < -0.4 is 5.32 Å². The number of rotatable bonds is 3. The number of hydrogen-bond acceptors (Lipinski definition) is 2. The number of phenolic OH excluding ortho intramolecular Hbond substituents is 1. The zero-order valence-corrected chi connectivity index (χ0v) is 10.6. The molecule has 3 nitrogen and oxygen atoms in total. The standard InChI is InChI=1S/C14H11ClFNO2/c15-13(9-4-2-1-3-5-9)14(19)17-10-6-7-12(18)11(16)8-10/h1-8,13,18H,(H,17,19).